The van der Waals surface area contributed by atoms with Gasteiger partial charge in [-0.3, -0.25) is 0 Å². The molecule has 0 fully saturated rings. The molecule has 0 unspecified atom stereocenters. The van der Waals surface area contributed by atoms with E-state index in [2.05, 4.69) is 5.10 Å². The third kappa shape index (κ3) is 4.02. The first-order valence-electron chi connectivity index (χ1n) is 5.25. The first-order chi connectivity index (χ1) is 9.67. The van der Waals surface area contributed by atoms with Crippen molar-refractivity contribution < 1.29 is 22.0 Å². The maximum Gasteiger partial charge on any atom is 0.446 e. The Morgan fingerprint density at radius 1 is 1.14 bits per heavy atom. The lowest BCUT2D eigenvalue weighted by molar-refractivity contribution is -0.0328. The van der Waals surface area contributed by atoms with Gasteiger partial charge in [-0.25, -0.2) is 13.5 Å². The van der Waals surface area contributed by atoms with Gasteiger partial charge in [0, 0.05) is 11.8 Å². The molecule has 10 heteroatoms. The van der Waals surface area contributed by atoms with E-state index in [1.807, 2.05) is 0 Å². The maximum absolute atomic E-state index is 12.6. The van der Waals surface area contributed by atoms with Crippen molar-refractivity contribution >= 4 is 35.0 Å². The normalized spacial score (nSPS) is 12.2. The van der Waals surface area contributed by atoms with Crippen LogP contribution in [0.5, 0.6) is 0 Å². The number of halogens is 7. The minimum absolute atomic E-state index is 0.0387. The molecule has 0 N–H and O–H groups in total. The van der Waals surface area contributed by atoms with E-state index in [-0.39, 0.29) is 38.0 Å². The van der Waals surface area contributed by atoms with Crippen LogP contribution in [0.2, 0.25) is 10.0 Å². The Kier molecular flexibility index (Phi) is 4.69. The van der Waals surface area contributed by atoms with E-state index < -0.39 is 11.9 Å². The molecule has 21 heavy (non-hydrogen) atoms. The summed E-state index contributed by atoms with van der Waals surface area (Å²) in [5.74, 6) is 0. The third-order valence-corrected chi connectivity index (χ3v) is 3.57. The highest BCUT2D eigenvalue weighted by atomic mass is 35.5. The van der Waals surface area contributed by atoms with E-state index in [1.54, 1.807) is 0 Å². The predicted molar refractivity (Wildman–Crippen MR) is 70.5 cm³/mol. The summed E-state index contributed by atoms with van der Waals surface area (Å²) in [6, 6.07) is 1.98. The Bertz CT molecular complexity index is 633. The van der Waals surface area contributed by atoms with Gasteiger partial charge < -0.3 is 0 Å². The number of hydrogen-bond donors (Lipinski definition) is 0. The molecule has 0 radical (unpaired) electrons. The molecule has 0 bridgehead atoms. The second-order valence-electron chi connectivity index (χ2n) is 3.80. The Hall–Kier alpha value is -0.990. The fraction of sp³-hybridized carbons (Fsp3) is 0.182. The molecule has 114 valence electrons. The standard InChI is InChI=1S/C11H5Cl2F5N2S/c12-7-1-5(10(14)15)2-8(13)9(7)20-4-6(3-19-20)21-11(16,17)18/h1-4,10H. The number of benzene rings is 1. The van der Waals surface area contributed by atoms with Crippen molar-refractivity contribution in [2.45, 2.75) is 16.8 Å². The average molecular weight is 363 g/mol. The summed E-state index contributed by atoms with van der Waals surface area (Å²) in [7, 11) is 0. The molecule has 2 rings (SSSR count). The van der Waals surface area contributed by atoms with Crippen LogP contribution in [0.3, 0.4) is 0 Å². The molecule has 0 amide bonds. The number of nitrogens with zero attached hydrogens (tertiary/aromatic N) is 2. The van der Waals surface area contributed by atoms with E-state index in [0.29, 0.717) is 0 Å². The van der Waals surface area contributed by atoms with Crippen molar-refractivity contribution in [3.05, 3.63) is 40.1 Å². The summed E-state index contributed by atoms with van der Waals surface area (Å²) in [4.78, 5) is -0.174. The van der Waals surface area contributed by atoms with E-state index in [1.165, 1.54) is 0 Å². The zero-order chi connectivity index (χ0) is 15.8. The van der Waals surface area contributed by atoms with Crippen molar-refractivity contribution in [3.8, 4) is 5.69 Å². The molecule has 1 aromatic heterocycles. The number of hydrogen-bond acceptors (Lipinski definition) is 2. The highest BCUT2D eigenvalue weighted by molar-refractivity contribution is 8.00. The van der Waals surface area contributed by atoms with Crippen LogP contribution in [0.4, 0.5) is 22.0 Å². The van der Waals surface area contributed by atoms with Crippen LogP contribution in [-0.4, -0.2) is 15.3 Å². The van der Waals surface area contributed by atoms with Gasteiger partial charge >= 0.3 is 5.51 Å². The fourth-order valence-corrected chi connectivity index (χ4v) is 2.74. The number of aromatic nitrogens is 2. The summed E-state index contributed by atoms with van der Waals surface area (Å²) in [5.41, 5.74) is -4.80. The van der Waals surface area contributed by atoms with Gasteiger partial charge in [0.2, 0.25) is 0 Å². The molecule has 2 nitrogen and oxygen atoms in total. The van der Waals surface area contributed by atoms with Crippen molar-refractivity contribution in [3.63, 3.8) is 0 Å². The summed E-state index contributed by atoms with van der Waals surface area (Å²) in [6.07, 6.45) is -0.720. The van der Waals surface area contributed by atoms with Crippen LogP contribution in [-0.2, 0) is 0 Å². The van der Waals surface area contributed by atoms with E-state index in [0.717, 1.165) is 29.2 Å². The van der Waals surface area contributed by atoms with Gasteiger partial charge in [-0.1, -0.05) is 23.2 Å². The van der Waals surface area contributed by atoms with Crippen LogP contribution in [0.15, 0.2) is 29.4 Å². The lowest BCUT2D eigenvalue weighted by Crippen LogP contribution is -1.99. The topological polar surface area (TPSA) is 17.8 Å². The highest BCUT2D eigenvalue weighted by Crippen LogP contribution is 2.38. The van der Waals surface area contributed by atoms with E-state index in [9.17, 15) is 22.0 Å². The minimum atomic E-state index is -4.46. The summed E-state index contributed by atoms with van der Waals surface area (Å²) in [6.45, 7) is 0. The Balaban J connectivity index is 2.39. The number of rotatable bonds is 3. The average Bonchev–Trinajstić information content (AvgIpc) is 2.73. The van der Waals surface area contributed by atoms with Gasteiger partial charge in [0.1, 0.15) is 5.69 Å². The molecule has 0 atom stereocenters. The second-order valence-corrected chi connectivity index (χ2v) is 5.76. The predicted octanol–water partition coefficient (Wildman–Crippen LogP) is 5.73. The van der Waals surface area contributed by atoms with Crippen LogP contribution in [0.1, 0.15) is 12.0 Å². The monoisotopic (exact) mass is 362 g/mol. The van der Waals surface area contributed by atoms with E-state index in [4.69, 9.17) is 23.2 Å². The lowest BCUT2D eigenvalue weighted by atomic mass is 10.2. The highest BCUT2D eigenvalue weighted by Gasteiger charge is 2.30. The fourth-order valence-electron chi connectivity index (χ4n) is 1.54. The smallest absolute Gasteiger partial charge is 0.237 e. The maximum atomic E-state index is 12.6. The molecule has 0 aliphatic rings. The van der Waals surface area contributed by atoms with Crippen molar-refractivity contribution in [1.82, 2.24) is 9.78 Å². The summed E-state index contributed by atoms with van der Waals surface area (Å²) >= 11 is 11.3. The second kappa shape index (κ2) is 6.02. The molecule has 0 aliphatic carbocycles. The molecule has 1 aromatic carbocycles. The molecular formula is C11H5Cl2F5N2S. The zero-order valence-corrected chi connectivity index (χ0v) is 12.2. The van der Waals surface area contributed by atoms with Crippen LogP contribution < -0.4 is 0 Å². The van der Waals surface area contributed by atoms with Crippen molar-refractivity contribution in [1.29, 1.82) is 0 Å². The largest absolute Gasteiger partial charge is 0.446 e. The Morgan fingerprint density at radius 3 is 2.19 bits per heavy atom. The van der Waals surface area contributed by atoms with Gasteiger partial charge in [-0.05, 0) is 23.9 Å². The van der Waals surface area contributed by atoms with E-state index >= 15 is 0 Å². The minimum Gasteiger partial charge on any atom is -0.237 e. The Labute approximate surface area is 129 Å². The van der Waals surface area contributed by atoms with Crippen molar-refractivity contribution in [2.24, 2.45) is 0 Å². The molecule has 2 aromatic rings. The first kappa shape index (κ1) is 16.4. The first-order valence-corrected chi connectivity index (χ1v) is 6.82. The molecule has 0 saturated carbocycles. The van der Waals surface area contributed by atoms with Gasteiger partial charge in [0.05, 0.1) is 21.1 Å². The van der Waals surface area contributed by atoms with Crippen LogP contribution >= 0.6 is 35.0 Å². The molecule has 1 heterocycles. The molecule has 0 aliphatic heterocycles. The lowest BCUT2D eigenvalue weighted by Gasteiger charge is -2.09. The quantitative estimate of drug-likeness (QED) is 0.512. The molecule has 0 spiro atoms. The number of thioether (sulfide) groups is 1. The zero-order valence-electron chi connectivity index (χ0n) is 9.84. The van der Waals surface area contributed by atoms with Crippen LogP contribution in [0.25, 0.3) is 5.69 Å². The SMILES string of the molecule is FC(F)c1cc(Cl)c(-n2cc(SC(F)(F)F)cn2)c(Cl)c1. The molecular weight excluding hydrogens is 358 g/mol. The Morgan fingerprint density at radius 2 is 1.71 bits per heavy atom. The summed E-state index contributed by atoms with van der Waals surface area (Å²) < 4.78 is 62.9. The van der Waals surface area contributed by atoms with Gasteiger partial charge in [0.15, 0.2) is 0 Å². The number of alkyl halides is 5. The van der Waals surface area contributed by atoms with Gasteiger partial charge in [0.25, 0.3) is 6.43 Å². The van der Waals surface area contributed by atoms with Crippen LogP contribution in [0, 0.1) is 0 Å². The van der Waals surface area contributed by atoms with Crippen molar-refractivity contribution in [2.75, 3.05) is 0 Å². The summed E-state index contributed by atoms with van der Waals surface area (Å²) in [5, 5.41) is 3.44. The third-order valence-electron chi connectivity index (χ3n) is 2.31. The van der Waals surface area contributed by atoms with Gasteiger partial charge in [-0.15, -0.1) is 0 Å². The molecule has 0 saturated heterocycles. The van der Waals surface area contributed by atoms with Gasteiger partial charge in [-0.2, -0.15) is 18.3 Å².